The molecule has 0 unspecified atom stereocenters. The second-order valence-corrected chi connectivity index (χ2v) is 7.87. The van der Waals surface area contributed by atoms with Crippen LogP contribution in [0.1, 0.15) is 5.69 Å². The minimum atomic E-state index is -3.07. The molecule has 0 bridgehead atoms. The van der Waals surface area contributed by atoms with Crippen LogP contribution in [-0.2, 0) is 14.6 Å². The van der Waals surface area contributed by atoms with Crippen molar-refractivity contribution >= 4 is 40.6 Å². The molecule has 2 fully saturated rings. The number of aromatic nitrogens is 1. The lowest BCUT2D eigenvalue weighted by Crippen LogP contribution is -2.59. The van der Waals surface area contributed by atoms with E-state index in [2.05, 4.69) is 10.3 Å². The summed E-state index contributed by atoms with van der Waals surface area (Å²) in [6, 6.07) is 3.12. The Balaban J connectivity index is 0.00000144. The molecule has 2 aliphatic rings. The number of nitrogens with zero attached hydrogens (tertiary/aromatic N) is 2. The summed E-state index contributed by atoms with van der Waals surface area (Å²) in [6.45, 7) is 2.88. The summed E-state index contributed by atoms with van der Waals surface area (Å²) in [5, 5.41) is 3.18. The number of carbonyl (C=O) groups is 1. The number of nitrogens with one attached hydrogen (secondary N) is 1. The van der Waals surface area contributed by atoms with Gasteiger partial charge in [0.1, 0.15) is 5.75 Å². The number of pyridine rings is 1. The molecular formula is C14H21Cl2N3O4S. The van der Waals surface area contributed by atoms with Crippen molar-refractivity contribution in [2.75, 3.05) is 31.2 Å². The molecular weight excluding hydrogens is 377 g/mol. The van der Waals surface area contributed by atoms with Gasteiger partial charge in [0.05, 0.1) is 23.7 Å². The number of sulfone groups is 1. The summed E-state index contributed by atoms with van der Waals surface area (Å²) in [4.78, 5) is 18.1. The summed E-state index contributed by atoms with van der Waals surface area (Å²) in [5.41, 5.74) is 0.875. The molecule has 0 saturated carbocycles. The summed E-state index contributed by atoms with van der Waals surface area (Å²) in [5.74, 6) is 0.478. The highest BCUT2D eigenvalue weighted by Gasteiger charge is 2.44. The fourth-order valence-electron chi connectivity index (χ4n) is 2.94. The third-order valence-electron chi connectivity index (χ3n) is 4.05. The van der Waals surface area contributed by atoms with Crippen molar-refractivity contribution in [3.05, 3.63) is 24.0 Å². The van der Waals surface area contributed by atoms with Crippen LogP contribution in [0.3, 0.4) is 0 Å². The minimum absolute atomic E-state index is 0. The molecule has 1 aromatic rings. The molecule has 2 saturated heterocycles. The van der Waals surface area contributed by atoms with Gasteiger partial charge >= 0.3 is 0 Å². The monoisotopic (exact) mass is 397 g/mol. The van der Waals surface area contributed by atoms with Crippen LogP contribution < -0.4 is 10.1 Å². The molecule has 2 aliphatic heterocycles. The zero-order chi connectivity index (χ0) is 15.7. The first-order chi connectivity index (χ1) is 10.4. The fraction of sp³-hybridized carbons (Fsp3) is 0.571. The van der Waals surface area contributed by atoms with Crippen molar-refractivity contribution < 1.29 is 17.9 Å². The Morgan fingerprint density at radius 1 is 1.38 bits per heavy atom. The molecule has 10 heteroatoms. The summed E-state index contributed by atoms with van der Waals surface area (Å²) in [6.07, 6.45) is 1.57. The molecule has 3 rings (SSSR count). The van der Waals surface area contributed by atoms with E-state index in [1.807, 2.05) is 13.0 Å². The zero-order valence-corrected chi connectivity index (χ0v) is 15.6. The van der Waals surface area contributed by atoms with Crippen LogP contribution in [0.25, 0.3) is 0 Å². The van der Waals surface area contributed by atoms with Crippen molar-refractivity contribution in [3.63, 3.8) is 0 Å². The van der Waals surface area contributed by atoms with E-state index < -0.39 is 9.84 Å². The van der Waals surface area contributed by atoms with Gasteiger partial charge in [-0.05, 0) is 19.1 Å². The molecule has 1 amide bonds. The van der Waals surface area contributed by atoms with E-state index in [1.165, 1.54) is 0 Å². The lowest BCUT2D eigenvalue weighted by molar-refractivity contribution is -0.136. The Kier molecular flexibility index (Phi) is 7.27. The first-order valence-electron chi connectivity index (χ1n) is 7.23. The lowest BCUT2D eigenvalue weighted by Gasteiger charge is -2.37. The van der Waals surface area contributed by atoms with Crippen molar-refractivity contribution in [1.29, 1.82) is 0 Å². The summed E-state index contributed by atoms with van der Waals surface area (Å²) >= 11 is 0. The fourth-order valence-corrected chi connectivity index (χ4v) is 4.90. The van der Waals surface area contributed by atoms with Gasteiger partial charge in [0.15, 0.2) is 16.4 Å². The van der Waals surface area contributed by atoms with E-state index in [4.69, 9.17) is 4.74 Å². The number of hydrogen-bond acceptors (Lipinski definition) is 6. The predicted molar refractivity (Wildman–Crippen MR) is 94.9 cm³/mol. The van der Waals surface area contributed by atoms with Crippen LogP contribution in [0.5, 0.6) is 5.75 Å². The molecule has 1 N–H and O–H groups in total. The van der Waals surface area contributed by atoms with Crippen LogP contribution in [0.15, 0.2) is 18.3 Å². The number of fused-ring (bicyclic) bond motifs is 1. The van der Waals surface area contributed by atoms with Gasteiger partial charge in [-0.1, -0.05) is 0 Å². The average molecular weight is 398 g/mol. The van der Waals surface area contributed by atoms with E-state index in [0.29, 0.717) is 18.8 Å². The van der Waals surface area contributed by atoms with E-state index in [-0.39, 0.29) is 60.9 Å². The molecule has 0 aliphatic carbocycles. The zero-order valence-electron chi connectivity index (χ0n) is 13.2. The smallest absolute Gasteiger partial charge is 0.260 e. The maximum Gasteiger partial charge on any atom is 0.260 e. The SMILES string of the molecule is Cc1ccc(OCC(=O)N2CCN[C@H]3CS(=O)(=O)C[C@H]32)cn1.Cl.Cl. The second kappa shape index (κ2) is 8.33. The maximum absolute atomic E-state index is 12.3. The van der Waals surface area contributed by atoms with Crippen LogP contribution in [0, 0.1) is 6.92 Å². The van der Waals surface area contributed by atoms with Crippen LogP contribution in [-0.4, -0.2) is 67.5 Å². The maximum atomic E-state index is 12.3. The molecule has 3 heterocycles. The topological polar surface area (TPSA) is 88.6 Å². The third kappa shape index (κ3) is 4.72. The van der Waals surface area contributed by atoms with Gasteiger partial charge in [-0.15, -0.1) is 24.8 Å². The van der Waals surface area contributed by atoms with E-state index >= 15 is 0 Å². The highest BCUT2D eigenvalue weighted by Crippen LogP contribution is 2.21. The molecule has 24 heavy (non-hydrogen) atoms. The van der Waals surface area contributed by atoms with Crippen LogP contribution in [0.2, 0.25) is 0 Å². The minimum Gasteiger partial charge on any atom is -0.482 e. The third-order valence-corrected chi connectivity index (χ3v) is 5.77. The van der Waals surface area contributed by atoms with Gasteiger partial charge in [-0.2, -0.15) is 0 Å². The van der Waals surface area contributed by atoms with E-state index in [0.717, 1.165) is 5.69 Å². The largest absolute Gasteiger partial charge is 0.482 e. The highest BCUT2D eigenvalue weighted by molar-refractivity contribution is 7.91. The second-order valence-electron chi connectivity index (χ2n) is 5.72. The standard InChI is InChI=1S/C14H19N3O4S.2ClH/c1-10-2-3-11(6-16-10)21-7-14(18)17-5-4-15-12-8-22(19,20)9-13(12)17;;/h2-3,6,12-13,15H,4-5,7-9H2,1H3;2*1H/t12-,13+;;/m0../s1. The molecule has 0 aromatic carbocycles. The van der Waals surface area contributed by atoms with Gasteiger partial charge in [-0.3, -0.25) is 9.78 Å². The summed E-state index contributed by atoms with van der Waals surface area (Å²) < 4.78 is 29.0. The van der Waals surface area contributed by atoms with Crippen molar-refractivity contribution in [2.45, 2.75) is 19.0 Å². The van der Waals surface area contributed by atoms with E-state index in [9.17, 15) is 13.2 Å². The number of carbonyl (C=O) groups excluding carboxylic acids is 1. The first kappa shape index (κ1) is 21.0. The van der Waals surface area contributed by atoms with Crippen molar-refractivity contribution in [1.82, 2.24) is 15.2 Å². The molecule has 0 spiro atoms. The van der Waals surface area contributed by atoms with Crippen LogP contribution >= 0.6 is 24.8 Å². The van der Waals surface area contributed by atoms with Gasteiger partial charge < -0.3 is 15.0 Å². The van der Waals surface area contributed by atoms with Crippen LogP contribution in [0.4, 0.5) is 0 Å². The van der Waals surface area contributed by atoms with E-state index in [1.54, 1.807) is 17.2 Å². The Labute approximate surface area is 153 Å². The molecule has 7 nitrogen and oxygen atoms in total. The number of halogens is 2. The number of rotatable bonds is 3. The Morgan fingerprint density at radius 3 is 2.79 bits per heavy atom. The molecule has 0 radical (unpaired) electrons. The lowest BCUT2D eigenvalue weighted by atomic mass is 10.1. The van der Waals surface area contributed by atoms with Gasteiger partial charge in [0.25, 0.3) is 5.91 Å². The first-order valence-corrected chi connectivity index (χ1v) is 9.05. The average Bonchev–Trinajstić information content (AvgIpc) is 2.80. The van der Waals surface area contributed by atoms with Gasteiger partial charge in [0.2, 0.25) is 0 Å². The number of ether oxygens (including phenoxy) is 1. The van der Waals surface area contributed by atoms with Crippen molar-refractivity contribution in [2.24, 2.45) is 0 Å². The number of piperazine rings is 1. The Morgan fingerprint density at radius 2 is 2.12 bits per heavy atom. The van der Waals surface area contributed by atoms with Gasteiger partial charge in [0, 0.05) is 24.8 Å². The molecule has 2 atom stereocenters. The Hall–Kier alpha value is -1.09. The van der Waals surface area contributed by atoms with Crippen molar-refractivity contribution in [3.8, 4) is 5.75 Å². The Bertz CT molecular complexity index is 669. The number of amides is 1. The molecule has 1 aromatic heterocycles. The quantitative estimate of drug-likeness (QED) is 0.783. The highest BCUT2D eigenvalue weighted by atomic mass is 35.5. The summed E-state index contributed by atoms with van der Waals surface area (Å²) in [7, 11) is -3.07. The normalized spacial score (nSPS) is 24.3. The predicted octanol–water partition coefficient (Wildman–Crippen LogP) is 0.210. The van der Waals surface area contributed by atoms with Gasteiger partial charge in [-0.25, -0.2) is 8.42 Å². The number of aryl methyl sites for hydroxylation is 1. The molecule has 136 valence electrons. The number of hydrogen-bond donors (Lipinski definition) is 1.